The number of para-hydroxylation sites is 1. The third-order valence-corrected chi connectivity index (χ3v) is 6.43. The van der Waals surface area contributed by atoms with Crippen LogP contribution in [0.2, 0.25) is 0 Å². The molecule has 1 aliphatic rings. The monoisotopic (exact) mass is 482 g/mol. The number of nitrogens with one attached hydrogen (secondary N) is 1. The molecule has 1 saturated heterocycles. The smallest absolute Gasteiger partial charge is 0.255 e. The van der Waals surface area contributed by atoms with E-state index in [1.807, 2.05) is 35.0 Å². The molecule has 1 amide bonds. The highest BCUT2D eigenvalue weighted by Gasteiger charge is 2.26. The van der Waals surface area contributed by atoms with Gasteiger partial charge in [-0.3, -0.25) is 4.79 Å². The zero-order valence-corrected chi connectivity index (χ0v) is 19.9. The molecule has 5 rings (SSSR count). The molecule has 3 heterocycles. The van der Waals surface area contributed by atoms with Crippen molar-refractivity contribution in [1.82, 2.24) is 30.0 Å². The molecule has 3 N–H and O–H groups in total. The van der Waals surface area contributed by atoms with Crippen LogP contribution in [-0.2, 0) is 6.54 Å². The number of likely N-dealkylation sites (tertiary alicyclic amines) is 1. The van der Waals surface area contributed by atoms with E-state index < -0.39 is 0 Å². The first-order valence-electron chi connectivity index (χ1n) is 11.7. The number of nitrogens with zero attached hydrogens (tertiary/aromatic N) is 6. The Morgan fingerprint density at radius 3 is 2.81 bits per heavy atom. The van der Waals surface area contributed by atoms with E-state index in [2.05, 4.69) is 21.5 Å². The van der Waals surface area contributed by atoms with Crippen LogP contribution >= 0.6 is 0 Å². The van der Waals surface area contributed by atoms with Crippen molar-refractivity contribution in [3.8, 4) is 23.2 Å². The molecule has 0 saturated carbocycles. The fraction of sp³-hybridized carbons (Fsp3) is 0.269. The van der Waals surface area contributed by atoms with Gasteiger partial charge in [-0.2, -0.15) is 10.4 Å². The summed E-state index contributed by atoms with van der Waals surface area (Å²) in [7, 11) is 1.54. The van der Waals surface area contributed by atoms with Crippen molar-refractivity contribution in [3.05, 3.63) is 66.0 Å². The maximum atomic E-state index is 12.6. The number of hydrogen-bond donors (Lipinski definition) is 2. The van der Waals surface area contributed by atoms with Crippen molar-refractivity contribution < 1.29 is 9.53 Å². The van der Waals surface area contributed by atoms with Gasteiger partial charge in [-0.15, -0.1) is 0 Å². The Balaban J connectivity index is 1.39. The quantitative estimate of drug-likeness (QED) is 0.400. The zero-order valence-electron chi connectivity index (χ0n) is 19.9. The summed E-state index contributed by atoms with van der Waals surface area (Å²) in [6.07, 6.45) is 5.50. The summed E-state index contributed by atoms with van der Waals surface area (Å²) < 4.78 is 7.16. The second kappa shape index (κ2) is 9.92. The van der Waals surface area contributed by atoms with E-state index in [1.54, 1.807) is 30.2 Å². The lowest BCUT2D eigenvalue weighted by Crippen LogP contribution is -2.33. The first-order valence-corrected chi connectivity index (χ1v) is 11.7. The van der Waals surface area contributed by atoms with Gasteiger partial charge >= 0.3 is 0 Å². The molecular weight excluding hydrogens is 456 g/mol. The van der Waals surface area contributed by atoms with Crippen LogP contribution in [0.5, 0.6) is 5.75 Å². The van der Waals surface area contributed by atoms with E-state index in [9.17, 15) is 10.1 Å². The highest BCUT2D eigenvalue weighted by atomic mass is 16.5. The number of carbonyl (C=O) groups excluding carboxylic acids is 1. The number of methoxy groups -OCH3 is 1. The lowest BCUT2D eigenvalue weighted by molar-refractivity contribution is 0.0948. The number of rotatable bonds is 6. The first-order chi connectivity index (χ1) is 17.6. The molecule has 36 heavy (non-hydrogen) atoms. The molecule has 182 valence electrons. The molecule has 1 fully saturated rings. The molecule has 10 nitrogen and oxygen atoms in total. The second-order valence-corrected chi connectivity index (χ2v) is 8.67. The van der Waals surface area contributed by atoms with Crippen molar-refractivity contribution in [1.29, 1.82) is 5.26 Å². The molecule has 4 aromatic rings. The molecule has 0 unspecified atom stereocenters. The molecule has 1 atom stereocenters. The molecule has 1 aliphatic heterocycles. The Morgan fingerprint density at radius 1 is 1.22 bits per heavy atom. The van der Waals surface area contributed by atoms with E-state index in [0.29, 0.717) is 46.9 Å². The van der Waals surface area contributed by atoms with Gasteiger partial charge < -0.3 is 20.7 Å². The number of amides is 1. The SMILES string of the molecule is COc1ccccc1C(=O)NCc1ccc(-c2nn([C@@H]3CCCN(C#N)C3)c3ncnc(N)c23)cc1. The topological polar surface area (TPSA) is 135 Å². The lowest BCUT2D eigenvalue weighted by atomic mass is 10.1. The number of benzene rings is 2. The third-order valence-electron chi connectivity index (χ3n) is 6.43. The Morgan fingerprint density at radius 2 is 2.03 bits per heavy atom. The Labute approximate surface area is 208 Å². The van der Waals surface area contributed by atoms with Crippen molar-refractivity contribution in [3.63, 3.8) is 0 Å². The zero-order chi connectivity index (χ0) is 25.1. The molecule has 0 aliphatic carbocycles. The summed E-state index contributed by atoms with van der Waals surface area (Å²) in [5.41, 5.74) is 9.91. The van der Waals surface area contributed by atoms with Gasteiger partial charge in [0, 0.05) is 18.7 Å². The number of nitriles is 1. The normalized spacial score (nSPS) is 15.4. The number of anilines is 1. The summed E-state index contributed by atoms with van der Waals surface area (Å²) >= 11 is 0. The Hall–Kier alpha value is -4.65. The molecular formula is C26H26N8O2. The van der Waals surface area contributed by atoms with E-state index in [1.165, 1.54) is 6.33 Å². The van der Waals surface area contributed by atoms with E-state index in [-0.39, 0.29) is 11.9 Å². The number of nitrogen functional groups attached to an aromatic ring is 1. The van der Waals surface area contributed by atoms with Crippen LogP contribution in [0, 0.1) is 11.5 Å². The largest absolute Gasteiger partial charge is 0.496 e. The molecule has 10 heteroatoms. The second-order valence-electron chi connectivity index (χ2n) is 8.67. The van der Waals surface area contributed by atoms with E-state index in [0.717, 1.165) is 30.5 Å². The minimum absolute atomic E-state index is 0.0217. The number of nitrogens with two attached hydrogens (primary N) is 1. The van der Waals surface area contributed by atoms with Crippen LogP contribution in [0.3, 0.4) is 0 Å². The summed E-state index contributed by atoms with van der Waals surface area (Å²) in [5, 5.41) is 17.9. The molecule has 0 bridgehead atoms. The minimum atomic E-state index is -0.204. The fourth-order valence-corrected chi connectivity index (χ4v) is 4.59. The van der Waals surface area contributed by atoms with Crippen LogP contribution in [0.15, 0.2) is 54.9 Å². The van der Waals surface area contributed by atoms with Gasteiger partial charge in [0.1, 0.15) is 23.6 Å². The summed E-state index contributed by atoms with van der Waals surface area (Å²) in [5.74, 6) is 0.691. The number of carbonyl (C=O) groups is 1. The predicted molar refractivity (Wildman–Crippen MR) is 135 cm³/mol. The van der Waals surface area contributed by atoms with Crippen molar-refractivity contribution in [2.75, 3.05) is 25.9 Å². The van der Waals surface area contributed by atoms with Gasteiger partial charge in [0.15, 0.2) is 11.8 Å². The maximum absolute atomic E-state index is 12.6. The standard InChI is InChI=1S/C26H26N8O2/c1-36-21-7-3-2-6-20(21)26(35)29-13-17-8-10-18(11-9-17)23-22-24(28)30-16-31-25(22)34(32-23)19-5-4-12-33(14-19)15-27/h2-3,6-11,16,19H,4-5,12-14H2,1H3,(H,29,35)(H2,28,30,31)/t19-/m1/s1. The van der Waals surface area contributed by atoms with Gasteiger partial charge in [-0.1, -0.05) is 36.4 Å². The van der Waals surface area contributed by atoms with Gasteiger partial charge in [0.25, 0.3) is 5.91 Å². The van der Waals surface area contributed by atoms with Gasteiger partial charge in [0.2, 0.25) is 0 Å². The average Bonchev–Trinajstić information content (AvgIpc) is 3.33. The Bertz CT molecular complexity index is 1440. The van der Waals surface area contributed by atoms with E-state index >= 15 is 0 Å². The molecule has 2 aromatic carbocycles. The van der Waals surface area contributed by atoms with Crippen LogP contribution in [0.4, 0.5) is 5.82 Å². The maximum Gasteiger partial charge on any atom is 0.255 e. The van der Waals surface area contributed by atoms with Gasteiger partial charge in [0.05, 0.1) is 30.6 Å². The van der Waals surface area contributed by atoms with E-state index in [4.69, 9.17) is 15.6 Å². The van der Waals surface area contributed by atoms with Gasteiger partial charge in [-0.25, -0.2) is 14.6 Å². The van der Waals surface area contributed by atoms with Crippen LogP contribution < -0.4 is 15.8 Å². The highest BCUT2D eigenvalue weighted by molar-refractivity contribution is 5.98. The van der Waals surface area contributed by atoms with Crippen LogP contribution in [-0.4, -0.2) is 50.8 Å². The number of piperidine rings is 1. The lowest BCUT2D eigenvalue weighted by Gasteiger charge is -2.28. The number of aromatic nitrogens is 4. The summed E-state index contributed by atoms with van der Waals surface area (Å²) in [6, 6.07) is 14.9. The summed E-state index contributed by atoms with van der Waals surface area (Å²) in [6.45, 7) is 1.70. The molecule has 2 aromatic heterocycles. The Kier molecular flexibility index (Phi) is 6.36. The number of hydrogen-bond acceptors (Lipinski definition) is 8. The van der Waals surface area contributed by atoms with Crippen molar-refractivity contribution in [2.45, 2.75) is 25.4 Å². The number of ether oxygens (including phenoxy) is 1. The fourth-order valence-electron chi connectivity index (χ4n) is 4.59. The van der Waals surface area contributed by atoms with Gasteiger partial charge in [-0.05, 0) is 30.5 Å². The first kappa shape index (κ1) is 23.1. The average molecular weight is 483 g/mol. The third kappa shape index (κ3) is 4.38. The predicted octanol–water partition coefficient (Wildman–Crippen LogP) is 3.13. The van der Waals surface area contributed by atoms with Crippen LogP contribution in [0.25, 0.3) is 22.3 Å². The molecule has 0 radical (unpaired) electrons. The van der Waals surface area contributed by atoms with Crippen molar-refractivity contribution in [2.24, 2.45) is 0 Å². The summed E-state index contributed by atoms with van der Waals surface area (Å²) in [4.78, 5) is 23.0. The molecule has 0 spiro atoms. The minimum Gasteiger partial charge on any atom is -0.496 e. The van der Waals surface area contributed by atoms with Crippen LogP contribution in [0.1, 0.15) is 34.8 Å². The van der Waals surface area contributed by atoms with Crippen molar-refractivity contribution >= 4 is 22.8 Å². The highest BCUT2D eigenvalue weighted by Crippen LogP contribution is 2.33. The number of fused-ring (bicyclic) bond motifs is 1.